The summed E-state index contributed by atoms with van der Waals surface area (Å²) < 4.78 is 23.9. The van der Waals surface area contributed by atoms with Gasteiger partial charge in [-0.3, -0.25) is 4.79 Å². The minimum absolute atomic E-state index is 0.258. The number of rotatable bonds is 5. The van der Waals surface area contributed by atoms with Crippen molar-refractivity contribution in [2.24, 2.45) is 0 Å². The van der Waals surface area contributed by atoms with Gasteiger partial charge in [0.1, 0.15) is 5.58 Å². The molecule has 32 heavy (non-hydrogen) atoms. The second kappa shape index (κ2) is 7.69. The largest absolute Gasteiger partial charge is 0.493 e. The first-order valence-corrected chi connectivity index (χ1v) is 10.6. The average Bonchev–Trinajstić information content (AvgIpc) is 3.46. The number of aryl methyl sites for hydroxylation is 1. The zero-order valence-corrected chi connectivity index (χ0v) is 18.6. The highest BCUT2D eigenvalue weighted by atomic mass is 32.1. The fourth-order valence-electron chi connectivity index (χ4n) is 3.65. The van der Waals surface area contributed by atoms with Crippen LogP contribution in [0.15, 0.2) is 45.6 Å². The summed E-state index contributed by atoms with van der Waals surface area (Å²) in [5.74, 6) is 2.46. The molecule has 0 N–H and O–H groups in total. The summed E-state index contributed by atoms with van der Waals surface area (Å²) in [6.45, 7) is 1.96. The monoisotopic (exact) mass is 449 g/mol. The molecule has 5 aromatic rings. The number of para-hydroxylation sites is 1. The van der Waals surface area contributed by atoms with Crippen LogP contribution in [0, 0.1) is 6.92 Å². The van der Waals surface area contributed by atoms with E-state index in [1.807, 2.05) is 31.2 Å². The molecule has 0 aliphatic carbocycles. The molecule has 0 radical (unpaired) electrons. The van der Waals surface area contributed by atoms with Crippen LogP contribution < -0.4 is 24.3 Å². The molecule has 0 bridgehead atoms. The van der Waals surface area contributed by atoms with Crippen molar-refractivity contribution in [1.82, 2.24) is 14.6 Å². The Morgan fingerprint density at radius 1 is 1.06 bits per heavy atom. The third-order valence-electron chi connectivity index (χ3n) is 5.21. The van der Waals surface area contributed by atoms with Crippen molar-refractivity contribution < 1.29 is 18.6 Å². The molecule has 3 aromatic heterocycles. The van der Waals surface area contributed by atoms with Crippen molar-refractivity contribution in [1.29, 1.82) is 0 Å². The van der Waals surface area contributed by atoms with Crippen molar-refractivity contribution in [2.75, 3.05) is 21.3 Å². The minimum atomic E-state index is -0.258. The standard InChI is InChI=1S/C23H19N3O5S/c1-12-14-7-5-6-8-15(14)31-19(12)21-24-23-26(25-21)22(27)18(32-23)11-13-9-16(28-2)20(30-4)17(10-13)29-3/h5-11H,1-4H3/b18-11-. The van der Waals surface area contributed by atoms with Gasteiger partial charge in [-0.2, -0.15) is 9.50 Å². The summed E-state index contributed by atoms with van der Waals surface area (Å²) in [6, 6.07) is 11.3. The predicted molar refractivity (Wildman–Crippen MR) is 122 cm³/mol. The Morgan fingerprint density at radius 3 is 2.41 bits per heavy atom. The Bertz CT molecular complexity index is 1560. The van der Waals surface area contributed by atoms with Crippen molar-refractivity contribution in [3.8, 4) is 28.8 Å². The molecule has 162 valence electrons. The Hall–Kier alpha value is -3.85. The average molecular weight is 449 g/mol. The summed E-state index contributed by atoms with van der Waals surface area (Å²) in [5, 5.41) is 5.42. The number of fused-ring (bicyclic) bond motifs is 2. The highest BCUT2D eigenvalue weighted by molar-refractivity contribution is 7.15. The van der Waals surface area contributed by atoms with E-state index in [4.69, 9.17) is 18.6 Å². The number of hydrogen-bond donors (Lipinski definition) is 0. The maximum Gasteiger partial charge on any atom is 0.291 e. The van der Waals surface area contributed by atoms with E-state index in [0.29, 0.717) is 38.3 Å². The zero-order valence-electron chi connectivity index (χ0n) is 17.8. The lowest BCUT2D eigenvalue weighted by molar-refractivity contribution is 0.324. The molecule has 0 spiro atoms. The number of furan rings is 1. The lowest BCUT2D eigenvalue weighted by Crippen LogP contribution is -2.23. The quantitative estimate of drug-likeness (QED) is 0.406. The van der Waals surface area contributed by atoms with E-state index in [2.05, 4.69) is 10.1 Å². The van der Waals surface area contributed by atoms with Crippen LogP contribution in [0.3, 0.4) is 0 Å². The van der Waals surface area contributed by atoms with Gasteiger partial charge in [0.25, 0.3) is 5.56 Å². The molecule has 2 aromatic carbocycles. The lowest BCUT2D eigenvalue weighted by Gasteiger charge is -2.12. The Kier molecular flexibility index (Phi) is 4.82. The number of aromatic nitrogens is 3. The number of nitrogens with zero attached hydrogens (tertiary/aromatic N) is 3. The van der Waals surface area contributed by atoms with Gasteiger partial charge < -0.3 is 18.6 Å². The van der Waals surface area contributed by atoms with Gasteiger partial charge in [-0.15, -0.1) is 5.10 Å². The molecular formula is C23H19N3O5S. The minimum Gasteiger partial charge on any atom is -0.493 e. The number of thiazole rings is 1. The van der Waals surface area contributed by atoms with E-state index in [9.17, 15) is 4.79 Å². The summed E-state index contributed by atoms with van der Waals surface area (Å²) in [5.41, 5.74) is 2.17. The van der Waals surface area contributed by atoms with Crippen molar-refractivity contribution in [3.05, 3.63) is 62.4 Å². The number of benzene rings is 2. The molecule has 0 saturated heterocycles. The predicted octanol–water partition coefficient (Wildman–Crippen LogP) is 3.45. The molecule has 5 rings (SSSR count). The molecule has 0 fully saturated rings. The molecule has 8 nitrogen and oxygen atoms in total. The van der Waals surface area contributed by atoms with Gasteiger partial charge in [0, 0.05) is 10.9 Å². The Morgan fingerprint density at radius 2 is 1.78 bits per heavy atom. The summed E-state index contributed by atoms with van der Waals surface area (Å²) in [7, 11) is 4.64. The van der Waals surface area contributed by atoms with Crippen LogP contribution >= 0.6 is 11.3 Å². The van der Waals surface area contributed by atoms with E-state index in [1.165, 1.54) is 15.9 Å². The van der Waals surface area contributed by atoms with Crippen LogP contribution in [0.5, 0.6) is 17.2 Å². The third-order valence-corrected chi connectivity index (χ3v) is 6.17. The molecule has 0 aliphatic heterocycles. The van der Waals surface area contributed by atoms with Gasteiger partial charge in [-0.25, -0.2) is 0 Å². The topological polar surface area (TPSA) is 88.1 Å². The summed E-state index contributed by atoms with van der Waals surface area (Å²) >= 11 is 1.25. The SMILES string of the molecule is COc1cc(/C=c2\sc3nc(-c4oc5ccccc5c4C)nn3c2=O)cc(OC)c1OC. The Labute approximate surface area is 186 Å². The normalized spacial score (nSPS) is 12.1. The van der Waals surface area contributed by atoms with E-state index < -0.39 is 0 Å². The fourth-order valence-corrected chi connectivity index (χ4v) is 4.56. The molecule has 0 saturated carbocycles. The van der Waals surface area contributed by atoms with E-state index in [-0.39, 0.29) is 5.56 Å². The molecule has 0 amide bonds. The van der Waals surface area contributed by atoms with Gasteiger partial charge in [-0.05, 0) is 36.8 Å². The van der Waals surface area contributed by atoms with E-state index in [0.717, 1.165) is 22.1 Å². The first-order chi connectivity index (χ1) is 15.5. The van der Waals surface area contributed by atoms with Crippen LogP contribution in [0.25, 0.3) is 33.6 Å². The lowest BCUT2D eigenvalue weighted by atomic mass is 10.1. The summed E-state index contributed by atoms with van der Waals surface area (Å²) in [6.07, 6.45) is 1.75. The molecule has 9 heteroatoms. The molecule has 0 unspecified atom stereocenters. The summed E-state index contributed by atoms with van der Waals surface area (Å²) in [4.78, 5) is 18.0. The molecule has 3 heterocycles. The van der Waals surface area contributed by atoms with Crippen LogP contribution in [-0.2, 0) is 0 Å². The van der Waals surface area contributed by atoms with E-state index in [1.54, 1.807) is 39.5 Å². The first-order valence-electron chi connectivity index (χ1n) is 9.74. The number of ether oxygens (including phenoxy) is 3. The molecule has 0 atom stereocenters. The zero-order chi connectivity index (χ0) is 22.4. The van der Waals surface area contributed by atoms with E-state index >= 15 is 0 Å². The second-order valence-electron chi connectivity index (χ2n) is 7.06. The van der Waals surface area contributed by atoms with Crippen LogP contribution in [0.2, 0.25) is 0 Å². The van der Waals surface area contributed by atoms with Crippen LogP contribution in [0.1, 0.15) is 11.1 Å². The first kappa shape index (κ1) is 20.1. The van der Waals surface area contributed by atoms with Gasteiger partial charge in [-0.1, -0.05) is 29.5 Å². The fraction of sp³-hybridized carbons (Fsp3) is 0.174. The van der Waals surface area contributed by atoms with Crippen LogP contribution in [0.4, 0.5) is 0 Å². The van der Waals surface area contributed by atoms with Crippen molar-refractivity contribution in [2.45, 2.75) is 6.92 Å². The number of methoxy groups -OCH3 is 3. The van der Waals surface area contributed by atoms with Gasteiger partial charge >= 0.3 is 0 Å². The van der Waals surface area contributed by atoms with Gasteiger partial charge in [0.05, 0.1) is 25.9 Å². The van der Waals surface area contributed by atoms with Crippen molar-refractivity contribution >= 4 is 33.3 Å². The molecule has 0 aliphatic rings. The highest BCUT2D eigenvalue weighted by Gasteiger charge is 2.19. The van der Waals surface area contributed by atoms with Gasteiger partial charge in [0.15, 0.2) is 17.3 Å². The maximum atomic E-state index is 13.0. The van der Waals surface area contributed by atoms with Crippen LogP contribution in [-0.4, -0.2) is 35.9 Å². The maximum absolute atomic E-state index is 13.0. The highest BCUT2D eigenvalue weighted by Crippen LogP contribution is 2.38. The van der Waals surface area contributed by atoms with Crippen molar-refractivity contribution in [3.63, 3.8) is 0 Å². The number of hydrogen-bond acceptors (Lipinski definition) is 8. The molecular weight excluding hydrogens is 430 g/mol. The van der Waals surface area contributed by atoms with Gasteiger partial charge in [0.2, 0.25) is 16.5 Å². The third kappa shape index (κ3) is 3.09. The second-order valence-corrected chi connectivity index (χ2v) is 8.07. The smallest absolute Gasteiger partial charge is 0.291 e. The Balaban J connectivity index is 1.61.